The molecule has 0 unspecified atom stereocenters. The molecule has 20 heavy (non-hydrogen) atoms. The van der Waals surface area contributed by atoms with E-state index in [1.807, 2.05) is 11.6 Å². The smallest absolute Gasteiger partial charge is 0.273 e. The van der Waals surface area contributed by atoms with Gasteiger partial charge in [-0.1, -0.05) is 0 Å². The highest BCUT2D eigenvalue weighted by Gasteiger charge is 2.21. The number of amides is 1. The van der Waals surface area contributed by atoms with Crippen LogP contribution in [0.2, 0.25) is 0 Å². The highest BCUT2D eigenvalue weighted by molar-refractivity contribution is 14.1. The van der Waals surface area contributed by atoms with Crippen LogP contribution in [0.25, 0.3) is 0 Å². The van der Waals surface area contributed by atoms with Crippen LogP contribution < -0.4 is 0 Å². The minimum Gasteiger partial charge on any atom is -0.334 e. The van der Waals surface area contributed by atoms with Gasteiger partial charge in [-0.25, -0.2) is 0 Å². The number of halogens is 2. The van der Waals surface area contributed by atoms with Gasteiger partial charge >= 0.3 is 0 Å². The maximum Gasteiger partial charge on any atom is 0.273 e. The zero-order valence-corrected chi connectivity index (χ0v) is 15.2. The van der Waals surface area contributed by atoms with Crippen molar-refractivity contribution < 1.29 is 4.79 Å². The van der Waals surface area contributed by atoms with Crippen molar-refractivity contribution in [3.63, 3.8) is 0 Å². The van der Waals surface area contributed by atoms with E-state index in [1.165, 1.54) is 0 Å². The molecule has 6 nitrogen and oxygen atoms in total. The van der Waals surface area contributed by atoms with Gasteiger partial charge in [-0.2, -0.15) is 10.2 Å². The summed E-state index contributed by atoms with van der Waals surface area (Å²) in [7, 11) is 3.56. The first-order valence-corrected chi connectivity index (χ1v) is 7.96. The van der Waals surface area contributed by atoms with Crippen molar-refractivity contribution in [2.75, 3.05) is 7.05 Å². The van der Waals surface area contributed by atoms with Gasteiger partial charge in [-0.3, -0.25) is 14.2 Å². The van der Waals surface area contributed by atoms with Crippen molar-refractivity contribution in [1.29, 1.82) is 0 Å². The monoisotopic (exact) mass is 451 g/mol. The Morgan fingerprint density at radius 3 is 2.70 bits per heavy atom. The summed E-state index contributed by atoms with van der Waals surface area (Å²) in [5, 5.41) is 8.36. The maximum atomic E-state index is 12.5. The van der Waals surface area contributed by atoms with E-state index in [0.717, 1.165) is 20.3 Å². The fourth-order valence-corrected chi connectivity index (χ4v) is 3.07. The van der Waals surface area contributed by atoms with E-state index in [4.69, 9.17) is 0 Å². The quantitative estimate of drug-likeness (QED) is 0.670. The van der Waals surface area contributed by atoms with E-state index >= 15 is 0 Å². The third-order valence-electron chi connectivity index (χ3n) is 3.03. The average molecular weight is 452 g/mol. The second-order valence-electron chi connectivity index (χ2n) is 4.38. The van der Waals surface area contributed by atoms with E-state index in [1.54, 1.807) is 36.1 Å². The molecule has 0 radical (unpaired) electrons. The molecule has 0 bridgehead atoms. The minimum atomic E-state index is -0.0508. The number of carbonyl (C=O) groups excluding carboxylic acids is 1. The molecule has 2 aromatic rings. The lowest BCUT2D eigenvalue weighted by Gasteiger charge is -2.18. The van der Waals surface area contributed by atoms with Crippen molar-refractivity contribution in [3.8, 4) is 0 Å². The SMILES string of the molecule is CCn1ncc(Br)c1CN(C)C(=O)c1c(I)cnn1C. The lowest BCUT2D eigenvalue weighted by atomic mass is 10.3. The van der Waals surface area contributed by atoms with Gasteiger partial charge in [-0.05, 0) is 45.4 Å². The second kappa shape index (κ2) is 6.25. The van der Waals surface area contributed by atoms with Crippen molar-refractivity contribution in [3.05, 3.63) is 31.8 Å². The Bertz CT molecular complexity index is 616. The Balaban J connectivity index is 2.22. The van der Waals surface area contributed by atoms with Crippen molar-refractivity contribution >= 4 is 44.4 Å². The fraction of sp³-hybridized carbons (Fsp3) is 0.417. The molecule has 0 spiro atoms. The molecule has 0 atom stereocenters. The molecule has 8 heteroatoms. The first kappa shape index (κ1) is 15.5. The maximum absolute atomic E-state index is 12.5. The van der Waals surface area contributed by atoms with Crippen LogP contribution in [0.4, 0.5) is 0 Å². The van der Waals surface area contributed by atoms with Gasteiger partial charge in [0.25, 0.3) is 5.91 Å². The van der Waals surface area contributed by atoms with Crippen LogP contribution in [-0.4, -0.2) is 37.4 Å². The molecule has 0 saturated heterocycles. The van der Waals surface area contributed by atoms with E-state index in [2.05, 4.69) is 48.7 Å². The molecule has 108 valence electrons. The van der Waals surface area contributed by atoms with Gasteiger partial charge in [0.1, 0.15) is 5.69 Å². The van der Waals surface area contributed by atoms with Crippen LogP contribution in [0.3, 0.4) is 0 Å². The van der Waals surface area contributed by atoms with Gasteiger partial charge in [0.05, 0.1) is 32.7 Å². The Kier molecular flexibility index (Phi) is 4.84. The number of rotatable bonds is 4. The van der Waals surface area contributed by atoms with E-state index in [-0.39, 0.29) is 5.91 Å². The number of hydrogen-bond donors (Lipinski definition) is 0. The highest BCUT2D eigenvalue weighted by atomic mass is 127. The van der Waals surface area contributed by atoms with Gasteiger partial charge < -0.3 is 4.90 Å². The standard InChI is InChI=1S/C12H15BrIN5O/c1-4-19-10(8(13)5-16-19)7-17(2)12(20)11-9(14)6-15-18(11)3/h5-6H,4,7H2,1-3H3. The molecule has 2 heterocycles. The predicted molar refractivity (Wildman–Crippen MR) is 87.3 cm³/mol. The van der Waals surface area contributed by atoms with E-state index < -0.39 is 0 Å². The van der Waals surface area contributed by atoms with Gasteiger partial charge in [0.15, 0.2) is 0 Å². The Labute approximate surface area is 139 Å². The summed E-state index contributed by atoms with van der Waals surface area (Å²) in [6.45, 7) is 3.29. The zero-order valence-electron chi connectivity index (χ0n) is 11.5. The summed E-state index contributed by atoms with van der Waals surface area (Å²) in [5.74, 6) is -0.0508. The van der Waals surface area contributed by atoms with Crippen LogP contribution in [0.1, 0.15) is 23.1 Å². The molecule has 0 aliphatic carbocycles. The molecule has 0 N–H and O–H groups in total. The van der Waals surface area contributed by atoms with Crippen molar-refractivity contribution in [2.45, 2.75) is 20.0 Å². The number of hydrogen-bond acceptors (Lipinski definition) is 3. The Hall–Kier alpha value is -0.900. The third kappa shape index (κ3) is 2.90. The number of aromatic nitrogens is 4. The van der Waals surface area contributed by atoms with Crippen LogP contribution >= 0.6 is 38.5 Å². The molecular weight excluding hydrogens is 437 g/mol. The lowest BCUT2D eigenvalue weighted by Crippen LogP contribution is -2.29. The summed E-state index contributed by atoms with van der Waals surface area (Å²) in [5.41, 5.74) is 1.59. The zero-order chi connectivity index (χ0) is 14.9. The summed E-state index contributed by atoms with van der Waals surface area (Å²) >= 11 is 5.60. The second-order valence-corrected chi connectivity index (χ2v) is 6.40. The van der Waals surface area contributed by atoms with Crippen LogP contribution in [0.15, 0.2) is 16.9 Å². The van der Waals surface area contributed by atoms with Gasteiger partial charge in [-0.15, -0.1) is 0 Å². The molecule has 1 amide bonds. The van der Waals surface area contributed by atoms with Crippen molar-refractivity contribution in [1.82, 2.24) is 24.5 Å². The van der Waals surface area contributed by atoms with E-state index in [9.17, 15) is 4.79 Å². The fourth-order valence-electron chi connectivity index (χ4n) is 1.95. The van der Waals surface area contributed by atoms with Crippen LogP contribution in [-0.2, 0) is 20.1 Å². The van der Waals surface area contributed by atoms with Crippen LogP contribution in [0, 0.1) is 3.57 Å². The molecule has 0 saturated carbocycles. The molecular formula is C12H15BrIN5O. The van der Waals surface area contributed by atoms with Crippen molar-refractivity contribution in [2.24, 2.45) is 7.05 Å². The number of aryl methyl sites for hydroxylation is 2. The molecule has 0 aromatic carbocycles. The van der Waals surface area contributed by atoms with E-state index in [0.29, 0.717) is 12.2 Å². The average Bonchev–Trinajstić information content (AvgIpc) is 2.93. The predicted octanol–water partition coefficient (Wildman–Crippen LogP) is 2.28. The minimum absolute atomic E-state index is 0.0508. The molecule has 0 fully saturated rings. The largest absolute Gasteiger partial charge is 0.334 e. The third-order valence-corrected chi connectivity index (χ3v) is 4.48. The molecule has 0 aliphatic rings. The van der Waals surface area contributed by atoms with Crippen LogP contribution in [0.5, 0.6) is 0 Å². The summed E-state index contributed by atoms with van der Waals surface area (Å²) in [4.78, 5) is 14.2. The summed E-state index contributed by atoms with van der Waals surface area (Å²) in [6, 6.07) is 0. The Morgan fingerprint density at radius 2 is 2.15 bits per heavy atom. The number of carbonyl (C=O) groups is 1. The first-order chi connectivity index (χ1) is 9.45. The molecule has 2 aromatic heterocycles. The normalized spacial score (nSPS) is 10.8. The first-order valence-electron chi connectivity index (χ1n) is 6.08. The Morgan fingerprint density at radius 1 is 1.45 bits per heavy atom. The topological polar surface area (TPSA) is 56.0 Å². The highest BCUT2D eigenvalue weighted by Crippen LogP contribution is 2.19. The molecule has 0 aliphatic heterocycles. The van der Waals surface area contributed by atoms with Gasteiger partial charge in [0.2, 0.25) is 0 Å². The molecule has 2 rings (SSSR count). The summed E-state index contributed by atoms with van der Waals surface area (Å²) in [6.07, 6.45) is 3.44. The lowest BCUT2D eigenvalue weighted by molar-refractivity contribution is 0.0769. The number of nitrogens with zero attached hydrogens (tertiary/aromatic N) is 5. The van der Waals surface area contributed by atoms with Gasteiger partial charge in [0, 0.05) is 20.6 Å². The summed E-state index contributed by atoms with van der Waals surface area (Å²) < 4.78 is 5.25.